The van der Waals surface area contributed by atoms with Crippen LogP contribution >= 0.6 is 0 Å². The normalized spacial score (nSPS) is 10.2. The number of nitrogens with zero attached hydrogens (tertiary/aromatic N) is 2. The lowest BCUT2D eigenvalue weighted by molar-refractivity contribution is 0.0471. The standard InChI is InChI=1S/C26H18N2O6/c29-24(32-17-18-6-2-1-3-7-18)19-10-11-22(33-25(30)20-8-4-12-27-15-20)23(14-19)34-26(31)21-9-5-13-28-16-21/h1-16H,17H2. The zero-order valence-corrected chi connectivity index (χ0v) is 17.8. The van der Waals surface area contributed by atoms with Crippen molar-refractivity contribution < 1.29 is 28.6 Å². The van der Waals surface area contributed by atoms with Crippen LogP contribution in [-0.2, 0) is 11.3 Å². The third kappa shape index (κ3) is 5.68. The molecule has 0 spiro atoms. The van der Waals surface area contributed by atoms with E-state index in [2.05, 4.69) is 9.97 Å². The Hall–Kier alpha value is -4.85. The fraction of sp³-hybridized carbons (Fsp3) is 0.0385. The van der Waals surface area contributed by atoms with E-state index in [0.717, 1.165) is 5.56 Å². The molecule has 4 rings (SSSR count). The summed E-state index contributed by atoms with van der Waals surface area (Å²) in [6, 6.07) is 19.5. The number of aromatic nitrogens is 2. The molecular weight excluding hydrogens is 436 g/mol. The first kappa shape index (κ1) is 22.3. The smallest absolute Gasteiger partial charge is 0.345 e. The second-order valence-electron chi connectivity index (χ2n) is 6.99. The van der Waals surface area contributed by atoms with Crippen molar-refractivity contribution in [2.75, 3.05) is 0 Å². The summed E-state index contributed by atoms with van der Waals surface area (Å²) >= 11 is 0. The molecule has 8 heteroatoms. The molecule has 0 bridgehead atoms. The Morgan fingerprint density at radius 1 is 0.618 bits per heavy atom. The third-order valence-corrected chi connectivity index (χ3v) is 4.59. The van der Waals surface area contributed by atoms with E-state index in [1.54, 1.807) is 12.1 Å². The molecule has 34 heavy (non-hydrogen) atoms. The number of pyridine rings is 2. The van der Waals surface area contributed by atoms with E-state index in [4.69, 9.17) is 14.2 Å². The number of ether oxygens (including phenoxy) is 3. The van der Waals surface area contributed by atoms with Gasteiger partial charge in [0.1, 0.15) is 6.61 Å². The zero-order valence-electron chi connectivity index (χ0n) is 17.8. The Balaban J connectivity index is 1.57. The van der Waals surface area contributed by atoms with E-state index < -0.39 is 17.9 Å². The summed E-state index contributed by atoms with van der Waals surface area (Å²) in [4.78, 5) is 45.4. The van der Waals surface area contributed by atoms with Gasteiger partial charge < -0.3 is 14.2 Å². The molecule has 4 aromatic rings. The van der Waals surface area contributed by atoms with Gasteiger partial charge in [-0.1, -0.05) is 30.3 Å². The van der Waals surface area contributed by atoms with Gasteiger partial charge >= 0.3 is 17.9 Å². The van der Waals surface area contributed by atoms with Gasteiger partial charge in [0.25, 0.3) is 0 Å². The molecule has 2 heterocycles. The molecule has 0 radical (unpaired) electrons. The van der Waals surface area contributed by atoms with Crippen LogP contribution in [0.3, 0.4) is 0 Å². The fourth-order valence-corrected chi connectivity index (χ4v) is 2.89. The van der Waals surface area contributed by atoms with Crippen molar-refractivity contribution in [2.45, 2.75) is 6.61 Å². The Morgan fingerprint density at radius 3 is 1.82 bits per heavy atom. The lowest BCUT2D eigenvalue weighted by Gasteiger charge is -2.12. The maximum Gasteiger partial charge on any atom is 0.345 e. The Labute approximate surface area is 194 Å². The highest BCUT2D eigenvalue weighted by Crippen LogP contribution is 2.30. The lowest BCUT2D eigenvalue weighted by Crippen LogP contribution is -2.14. The number of rotatable bonds is 7. The number of benzene rings is 2. The van der Waals surface area contributed by atoms with E-state index in [1.165, 1.54) is 55.1 Å². The molecule has 8 nitrogen and oxygen atoms in total. The molecule has 0 aliphatic rings. The molecule has 2 aromatic carbocycles. The van der Waals surface area contributed by atoms with Crippen molar-refractivity contribution in [1.29, 1.82) is 0 Å². The molecule has 2 aromatic heterocycles. The van der Waals surface area contributed by atoms with Crippen LogP contribution in [0.5, 0.6) is 11.5 Å². The average Bonchev–Trinajstić information content (AvgIpc) is 2.89. The molecule has 0 N–H and O–H groups in total. The van der Waals surface area contributed by atoms with E-state index in [0.29, 0.717) is 0 Å². The van der Waals surface area contributed by atoms with Gasteiger partial charge in [-0.15, -0.1) is 0 Å². The number of hydrogen-bond donors (Lipinski definition) is 0. The Kier molecular flexibility index (Phi) is 7.00. The van der Waals surface area contributed by atoms with E-state index in [1.807, 2.05) is 30.3 Å². The molecule has 168 valence electrons. The first-order valence-corrected chi connectivity index (χ1v) is 10.2. The van der Waals surface area contributed by atoms with Gasteiger partial charge in [-0.05, 0) is 48.0 Å². The van der Waals surface area contributed by atoms with Crippen LogP contribution in [0.2, 0.25) is 0 Å². The van der Waals surface area contributed by atoms with Crippen LogP contribution in [0.1, 0.15) is 36.6 Å². The average molecular weight is 454 g/mol. The SMILES string of the molecule is O=C(OCc1ccccc1)c1ccc(OC(=O)c2cccnc2)c(OC(=O)c2cccnc2)c1. The van der Waals surface area contributed by atoms with Crippen molar-refractivity contribution in [2.24, 2.45) is 0 Å². The predicted octanol–water partition coefficient (Wildman–Crippen LogP) is 4.27. The number of carbonyl (C=O) groups excluding carboxylic acids is 3. The lowest BCUT2D eigenvalue weighted by atomic mass is 10.2. The van der Waals surface area contributed by atoms with E-state index in [-0.39, 0.29) is 34.8 Å². The third-order valence-electron chi connectivity index (χ3n) is 4.59. The molecule has 0 saturated heterocycles. The van der Waals surface area contributed by atoms with Crippen molar-refractivity contribution in [3.63, 3.8) is 0 Å². The van der Waals surface area contributed by atoms with E-state index in [9.17, 15) is 14.4 Å². The molecule has 0 atom stereocenters. The summed E-state index contributed by atoms with van der Waals surface area (Å²) < 4.78 is 16.2. The summed E-state index contributed by atoms with van der Waals surface area (Å²) in [6.07, 6.45) is 5.72. The van der Waals surface area contributed by atoms with Crippen LogP contribution in [0.15, 0.2) is 97.6 Å². The summed E-state index contributed by atoms with van der Waals surface area (Å²) in [7, 11) is 0. The van der Waals surface area contributed by atoms with Crippen molar-refractivity contribution in [3.8, 4) is 11.5 Å². The molecule has 0 fully saturated rings. The number of hydrogen-bond acceptors (Lipinski definition) is 8. The van der Waals surface area contributed by atoms with Gasteiger partial charge in [0, 0.05) is 24.8 Å². The van der Waals surface area contributed by atoms with Crippen LogP contribution in [0.25, 0.3) is 0 Å². The minimum atomic E-state index is -0.735. The van der Waals surface area contributed by atoms with Crippen molar-refractivity contribution in [3.05, 3.63) is 120 Å². The zero-order chi connectivity index (χ0) is 23.8. The van der Waals surface area contributed by atoms with Gasteiger partial charge in [-0.2, -0.15) is 0 Å². The highest BCUT2D eigenvalue weighted by atomic mass is 16.6. The second-order valence-corrected chi connectivity index (χ2v) is 6.99. The minimum Gasteiger partial charge on any atom is -0.457 e. The number of carbonyl (C=O) groups is 3. The first-order chi connectivity index (χ1) is 16.6. The first-order valence-electron chi connectivity index (χ1n) is 10.2. The van der Waals surface area contributed by atoms with Gasteiger partial charge in [0.05, 0.1) is 16.7 Å². The highest BCUT2D eigenvalue weighted by molar-refractivity contribution is 5.94. The predicted molar refractivity (Wildman–Crippen MR) is 120 cm³/mol. The Bertz CT molecular complexity index is 1290. The molecular formula is C26H18N2O6. The van der Waals surface area contributed by atoms with Crippen LogP contribution < -0.4 is 9.47 Å². The van der Waals surface area contributed by atoms with Crippen LogP contribution in [0.4, 0.5) is 0 Å². The molecule has 0 aliphatic heterocycles. The molecule has 0 unspecified atom stereocenters. The summed E-state index contributed by atoms with van der Waals surface area (Å²) in [5.41, 5.74) is 1.33. The highest BCUT2D eigenvalue weighted by Gasteiger charge is 2.19. The van der Waals surface area contributed by atoms with Crippen LogP contribution in [-0.4, -0.2) is 27.9 Å². The topological polar surface area (TPSA) is 105 Å². The summed E-state index contributed by atoms with van der Waals surface area (Å²) in [6.45, 7) is 0.0717. The maximum absolute atomic E-state index is 12.6. The molecule has 0 amide bonds. The maximum atomic E-state index is 12.6. The van der Waals surface area contributed by atoms with Crippen LogP contribution in [0, 0.1) is 0 Å². The quantitative estimate of drug-likeness (QED) is 0.301. The van der Waals surface area contributed by atoms with E-state index >= 15 is 0 Å². The van der Waals surface area contributed by atoms with Gasteiger partial charge in [0.2, 0.25) is 0 Å². The fourth-order valence-electron chi connectivity index (χ4n) is 2.89. The number of esters is 3. The van der Waals surface area contributed by atoms with Crippen molar-refractivity contribution in [1.82, 2.24) is 9.97 Å². The summed E-state index contributed by atoms with van der Waals surface area (Å²) in [5, 5.41) is 0. The second kappa shape index (κ2) is 10.6. The monoisotopic (exact) mass is 454 g/mol. The summed E-state index contributed by atoms with van der Waals surface area (Å²) in [5.74, 6) is -2.24. The Morgan fingerprint density at radius 2 is 1.24 bits per heavy atom. The largest absolute Gasteiger partial charge is 0.457 e. The molecule has 0 saturated carbocycles. The van der Waals surface area contributed by atoms with Gasteiger partial charge in [-0.25, -0.2) is 14.4 Å². The van der Waals surface area contributed by atoms with Gasteiger partial charge in [-0.3, -0.25) is 9.97 Å². The minimum absolute atomic E-state index is 0.0503. The molecule has 0 aliphatic carbocycles. The van der Waals surface area contributed by atoms with Crippen molar-refractivity contribution >= 4 is 17.9 Å². The van der Waals surface area contributed by atoms with Gasteiger partial charge in [0.15, 0.2) is 11.5 Å².